The third-order valence-electron chi connectivity index (χ3n) is 3.96. The number of nitrogens with two attached hydrogens (primary N) is 1. The number of rotatable bonds is 5. The van der Waals surface area contributed by atoms with Gasteiger partial charge in [0.15, 0.2) is 0 Å². The summed E-state index contributed by atoms with van der Waals surface area (Å²) in [6, 6.07) is 6.14. The van der Waals surface area contributed by atoms with Gasteiger partial charge in [0.2, 0.25) is 0 Å². The fourth-order valence-corrected chi connectivity index (χ4v) is 4.92. The third kappa shape index (κ3) is 5.01. The summed E-state index contributed by atoms with van der Waals surface area (Å²) in [7, 11) is 0. The molecule has 2 N–H and O–H groups in total. The molecule has 1 aliphatic heterocycles. The average molecular weight is 483 g/mol. The predicted octanol–water partition coefficient (Wildman–Crippen LogP) is 4.77. The zero-order chi connectivity index (χ0) is 15.9. The van der Waals surface area contributed by atoms with Crippen molar-refractivity contribution in [2.45, 2.75) is 38.5 Å². The van der Waals surface area contributed by atoms with Gasteiger partial charge in [-0.15, -0.1) is 0 Å². The van der Waals surface area contributed by atoms with Crippen LogP contribution in [0.2, 0.25) is 0 Å². The van der Waals surface area contributed by atoms with Gasteiger partial charge >= 0.3 is 152 Å². The molecule has 0 unspecified atom stereocenters. The fourth-order valence-electron chi connectivity index (χ4n) is 2.54. The Morgan fingerprint density at radius 1 is 1.45 bits per heavy atom. The van der Waals surface area contributed by atoms with E-state index in [9.17, 15) is 4.79 Å². The number of amides is 1. The molecule has 1 aromatic rings. The molecule has 0 aliphatic carbocycles. The number of likely N-dealkylation sites (tertiary alicyclic amines) is 1. The minimum atomic E-state index is -0.599. The Labute approximate surface area is 151 Å². The van der Waals surface area contributed by atoms with Crippen LogP contribution in [0.15, 0.2) is 22.7 Å². The third-order valence-corrected chi connectivity index (χ3v) is 6.69. The number of alkyl halides is 1. The molecule has 22 heavy (non-hydrogen) atoms. The van der Waals surface area contributed by atoms with Crippen molar-refractivity contribution in [2.24, 2.45) is 0 Å². The van der Waals surface area contributed by atoms with Crippen molar-refractivity contribution >= 4 is 49.3 Å². The van der Waals surface area contributed by atoms with Crippen molar-refractivity contribution in [3.8, 4) is 0 Å². The van der Waals surface area contributed by atoms with Gasteiger partial charge in [-0.3, -0.25) is 0 Å². The molecule has 1 saturated heterocycles. The second-order valence-electron chi connectivity index (χ2n) is 5.57. The maximum absolute atomic E-state index is 12.0. The SMILES string of the molecule is CCCC[IH]OC(=O)N1CCC(c2ccc(N)c(Br)c2)CC1. The normalized spacial score (nSPS) is 16.0. The first-order valence-electron chi connectivity index (χ1n) is 7.75. The van der Waals surface area contributed by atoms with E-state index in [4.69, 9.17) is 8.80 Å². The van der Waals surface area contributed by atoms with Crippen molar-refractivity contribution < 1.29 is 7.86 Å². The van der Waals surface area contributed by atoms with Crippen LogP contribution in [0.1, 0.15) is 44.1 Å². The van der Waals surface area contributed by atoms with E-state index in [0.717, 1.165) is 40.5 Å². The van der Waals surface area contributed by atoms with Gasteiger partial charge in [0, 0.05) is 0 Å². The van der Waals surface area contributed by atoms with E-state index in [1.807, 2.05) is 11.0 Å². The number of piperidine rings is 1. The Balaban J connectivity index is 1.79. The molecular formula is C16H24BrIN2O2. The van der Waals surface area contributed by atoms with Crippen LogP contribution >= 0.6 is 37.5 Å². The van der Waals surface area contributed by atoms with E-state index in [0.29, 0.717) is 5.92 Å². The van der Waals surface area contributed by atoms with E-state index in [1.165, 1.54) is 18.4 Å². The number of hydrogen-bond acceptors (Lipinski definition) is 3. The molecule has 2 rings (SSSR count). The molecule has 0 aromatic heterocycles. The van der Waals surface area contributed by atoms with Gasteiger partial charge in [-0.05, 0) is 0 Å². The summed E-state index contributed by atoms with van der Waals surface area (Å²) in [4.78, 5) is 13.9. The summed E-state index contributed by atoms with van der Waals surface area (Å²) in [6.07, 6.45) is 4.21. The zero-order valence-corrected chi connectivity index (χ0v) is 16.8. The summed E-state index contributed by atoms with van der Waals surface area (Å²) in [5.74, 6) is 0.498. The molecule has 0 atom stereocenters. The monoisotopic (exact) mass is 482 g/mol. The second kappa shape index (κ2) is 8.96. The topological polar surface area (TPSA) is 55.6 Å². The molecule has 6 heteroatoms. The summed E-state index contributed by atoms with van der Waals surface area (Å²) >= 11 is 2.88. The van der Waals surface area contributed by atoms with E-state index < -0.39 is 21.6 Å². The van der Waals surface area contributed by atoms with Crippen LogP contribution in [0, 0.1) is 0 Å². The Bertz CT molecular complexity index is 505. The van der Waals surface area contributed by atoms with Gasteiger partial charge in [-0.1, -0.05) is 0 Å². The van der Waals surface area contributed by atoms with Crippen LogP contribution in [0.3, 0.4) is 0 Å². The van der Waals surface area contributed by atoms with Gasteiger partial charge < -0.3 is 0 Å². The predicted molar refractivity (Wildman–Crippen MR) is 104 cm³/mol. The van der Waals surface area contributed by atoms with Gasteiger partial charge in [-0.25, -0.2) is 0 Å². The quantitative estimate of drug-likeness (QED) is 0.285. The molecular weight excluding hydrogens is 459 g/mol. The van der Waals surface area contributed by atoms with Crippen molar-refractivity contribution in [3.63, 3.8) is 0 Å². The number of carbonyl (C=O) groups is 1. The first kappa shape index (κ1) is 17.8. The number of nitrogen functional groups attached to an aromatic ring is 1. The number of benzene rings is 1. The molecule has 1 fully saturated rings. The first-order chi connectivity index (χ1) is 10.6. The fraction of sp³-hybridized carbons (Fsp3) is 0.562. The van der Waals surface area contributed by atoms with Crippen LogP contribution in [0.25, 0.3) is 0 Å². The second-order valence-corrected chi connectivity index (χ2v) is 8.73. The number of unbranched alkanes of at least 4 members (excludes halogenated alkanes) is 1. The van der Waals surface area contributed by atoms with E-state index in [-0.39, 0.29) is 6.09 Å². The Morgan fingerprint density at radius 3 is 2.82 bits per heavy atom. The number of anilines is 1. The number of halogens is 2. The van der Waals surface area contributed by atoms with Gasteiger partial charge in [-0.2, -0.15) is 0 Å². The van der Waals surface area contributed by atoms with Crippen LogP contribution in [0.4, 0.5) is 10.5 Å². The molecule has 1 heterocycles. The number of carbonyl (C=O) groups excluding carboxylic acids is 1. The summed E-state index contributed by atoms with van der Waals surface area (Å²) in [6.45, 7) is 3.73. The van der Waals surface area contributed by atoms with E-state index >= 15 is 0 Å². The molecule has 1 aromatic carbocycles. The molecule has 0 spiro atoms. The Hall–Kier alpha value is -0.500. The summed E-state index contributed by atoms with van der Waals surface area (Å²) in [5, 5.41) is 0. The molecule has 0 radical (unpaired) electrons. The standard InChI is InChI=1S/C16H24BrIN2O2/c1-2-3-8-18-22-16(21)20-9-6-12(7-10-20)13-4-5-15(19)14(17)11-13/h4-5,11-12,18H,2-3,6-10,19H2,1H3. The average Bonchev–Trinajstić information content (AvgIpc) is 2.54. The summed E-state index contributed by atoms with van der Waals surface area (Å²) in [5.41, 5.74) is 7.90. The molecule has 0 bridgehead atoms. The minimum absolute atomic E-state index is 0.101. The van der Waals surface area contributed by atoms with Gasteiger partial charge in [0.25, 0.3) is 0 Å². The van der Waals surface area contributed by atoms with Crippen LogP contribution < -0.4 is 5.73 Å². The van der Waals surface area contributed by atoms with E-state index in [2.05, 4.69) is 35.0 Å². The van der Waals surface area contributed by atoms with Crippen molar-refractivity contribution in [1.82, 2.24) is 4.90 Å². The van der Waals surface area contributed by atoms with Crippen LogP contribution in [-0.4, -0.2) is 28.5 Å². The molecule has 124 valence electrons. The van der Waals surface area contributed by atoms with Crippen molar-refractivity contribution in [2.75, 3.05) is 23.3 Å². The molecule has 4 nitrogen and oxygen atoms in total. The van der Waals surface area contributed by atoms with E-state index in [1.54, 1.807) is 0 Å². The van der Waals surface area contributed by atoms with Crippen LogP contribution in [0.5, 0.6) is 0 Å². The van der Waals surface area contributed by atoms with Gasteiger partial charge in [0.05, 0.1) is 0 Å². The molecule has 1 amide bonds. The zero-order valence-electron chi connectivity index (χ0n) is 12.9. The Morgan fingerprint density at radius 2 is 2.18 bits per heavy atom. The molecule has 1 aliphatic rings. The first-order valence-corrected chi connectivity index (χ1v) is 11.1. The van der Waals surface area contributed by atoms with Gasteiger partial charge in [0.1, 0.15) is 0 Å². The van der Waals surface area contributed by atoms with Crippen molar-refractivity contribution in [3.05, 3.63) is 28.2 Å². The maximum atomic E-state index is 12.0. The number of hydrogen-bond donors (Lipinski definition) is 1. The number of nitrogens with zero attached hydrogens (tertiary/aromatic N) is 1. The van der Waals surface area contributed by atoms with Crippen LogP contribution in [-0.2, 0) is 3.07 Å². The summed E-state index contributed by atoms with van der Waals surface area (Å²) < 4.78 is 7.49. The van der Waals surface area contributed by atoms with Crippen molar-refractivity contribution in [1.29, 1.82) is 0 Å². The Kier molecular flexibility index (Phi) is 7.27. The molecule has 0 saturated carbocycles.